The van der Waals surface area contributed by atoms with Crippen molar-refractivity contribution in [3.8, 4) is 0 Å². The molecule has 2 rings (SSSR count). The third kappa shape index (κ3) is 2.16. The van der Waals surface area contributed by atoms with E-state index in [0.717, 1.165) is 11.9 Å². The number of nitrogens with one attached hydrogen (secondary N) is 2. The molecular formula is C12H15N3O. The second kappa shape index (κ2) is 4.26. The molecule has 0 spiro atoms. The number of primary amides is 1. The van der Waals surface area contributed by atoms with E-state index in [1.807, 2.05) is 6.20 Å². The van der Waals surface area contributed by atoms with Crippen LogP contribution >= 0.6 is 0 Å². The van der Waals surface area contributed by atoms with Gasteiger partial charge in [0.15, 0.2) is 0 Å². The van der Waals surface area contributed by atoms with E-state index in [-0.39, 0.29) is 0 Å². The van der Waals surface area contributed by atoms with Crippen molar-refractivity contribution in [3.63, 3.8) is 0 Å². The van der Waals surface area contributed by atoms with E-state index >= 15 is 0 Å². The molecule has 1 heterocycles. The van der Waals surface area contributed by atoms with E-state index in [1.54, 1.807) is 0 Å². The highest BCUT2D eigenvalue weighted by Crippen LogP contribution is 2.19. The van der Waals surface area contributed by atoms with Crippen LogP contribution in [0.25, 0.3) is 10.9 Å². The fraction of sp³-hybridized carbons (Fsp3) is 0.250. The lowest BCUT2D eigenvalue weighted by Gasteiger charge is -2.01. The van der Waals surface area contributed by atoms with Gasteiger partial charge in [-0.25, -0.2) is 4.79 Å². The molecule has 0 aliphatic rings. The van der Waals surface area contributed by atoms with Crippen LogP contribution in [0.2, 0.25) is 0 Å². The molecule has 1 aromatic heterocycles. The molecule has 0 aliphatic heterocycles. The van der Waals surface area contributed by atoms with E-state index in [2.05, 4.69) is 35.4 Å². The number of nitrogens with two attached hydrogens (primary N) is 1. The summed E-state index contributed by atoms with van der Waals surface area (Å²) in [5, 5.41) is 3.80. The van der Waals surface area contributed by atoms with E-state index in [0.29, 0.717) is 6.54 Å². The Morgan fingerprint density at radius 1 is 1.50 bits per heavy atom. The molecule has 1 aromatic carbocycles. The Hall–Kier alpha value is -1.97. The molecule has 2 aromatic rings. The minimum atomic E-state index is -0.476. The van der Waals surface area contributed by atoms with Gasteiger partial charge >= 0.3 is 6.03 Å². The molecular weight excluding hydrogens is 202 g/mol. The highest BCUT2D eigenvalue weighted by Gasteiger charge is 2.03. The lowest BCUT2D eigenvalue weighted by atomic mass is 10.1. The van der Waals surface area contributed by atoms with Crippen molar-refractivity contribution in [2.75, 3.05) is 6.54 Å². The Labute approximate surface area is 93.8 Å². The molecule has 16 heavy (non-hydrogen) atoms. The van der Waals surface area contributed by atoms with Gasteiger partial charge in [-0.05, 0) is 31.0 Å². The van der Waals surface area contributed by atoms with Gasteiger partial charge in [0.2, 0.25) is 0 Å². The zero-order chi connectivity index (χ0) is 11.5. The molecule has 0 saturated carbocycles. The van der Waals surface area contributed by atoms with E-state index in [9.17, 15) is 4.79 Å². The maximum atomic E-state index is 10.5. The number of fused-ring (bicyclic) bond motifs is 1. The Balaban J connectivity index is 2.17. The summed E-state index contributed by atoms with van der Waals surface area (Å²) in [5.74, 6) is 0. The van der Waals surface area contributed by atoms with Crippen molar-refractivity contribution in [3.05, 3.63) is 35.5 Å². The Morgan fingerprint density at radius 2 is 2.31 bits per heavy atom. The number of aromatic amines is 1. The van der Waals surface area contributed by atoms with Crippen molar-refractivity contribution >= 4 is 16.9 Å². The number of amides is 2. The van der Waals surface area contributed by atoms with Gasteiger partial charge in [-0.3, -0.25) is 0 Å². The molecule has 0 bridgehead atoms. The number of hydrogen-bond donors (Lipinski definition) is 3. The van der Waals surface area contributed by atoms with E-state index < -0.39 is 6.03 Å². The minimum Gasteiger partial charge on any atom is -0.361 e. The average molecular weight is 217 g/mol. The minimum absolute atomic E-state index is 0.476. The molecule has 0 saturated heterocycles. The fourth-order valence-corrected chi connectivity index (χ4v) is 1.82. The van der Waals surface area contributed by atoms with Crippen molar-refractivity contribution in [1.82, 2.24) is 10.3 Å². The normalized spacial score (nSPS) is 10.6. The summed E-state index contributed by atoms with van der Waals surface area (Å²) < 4.78 is 0. The number of benzene rings is 1. The molecule has 4 nitrogen and oxygen atoms in total. The van der Waals surface area contributed by atoms with Crippen LogP contribution in [-0.2, 0) is 6.42 Å². The number of hydrogen-bond acceptors (Lipinski definition) is 1. The van der Waals surface area contributed by atoms with Crippen molar-refractivity contribution < 1.29 is 4.79 Å². The summed E-state index contributed by atoms with van der Waals surface area (Å²) in [7, 11) is 0. The Morgan fingerprint density at radius 3 is 3.06 bits per heavy atom. The molecule has 4 N–H and O–H groups in total. The SMILES string of the molecule is Cc1ccc2[nH]cc(CCNC(N)=O)c2c1. The summed E-state index contributed by atoms with van der Waals surface area (Å²) in [6, 6.07) is 5.81. The van der Waals surface area contributed by atoms with Crippen LogP contribution < -0.4 is 11.1 Å². The third-order valence-electron chi connectivity index (χ3n) is 2.62. The summed E-state index contributed by atoms with van der Waals surface area (Å²) in [6.45, 7) is 2.63. The Bertz CT molecular complexity index is 516. The number of carbonyl (C=O) groups is 1. The third-order valence-corrected chi connectivity index (χ3v) is 2.62. The smallest absolute Gasteiger partial charge is 0.312 e. The predicted molar refractivity (Wildman–Crippen MR) is 64.3 cm³/mol. The largest absolute Gasteiger partial charge is 0.361 e. The van der Waals surface area contributed by atoms with Gasteiger partial charge in [0, 0.05) is 23.6 Å². The molecule has 0 unspecified atom stereocenters. The maximum absolute atomic E-state index is 10.5. The van der Waals surface area contributed by atoms with E-state index in [4.69, 9.17) is 5.73 Å². The van der Waals surface area contributed by atoms with Gasteiger partial charge < -0.3 is 16.0 Å². The second-order valence-corrected chi connectivity index (χ2v) is 3.90. The molecule has 2 amide bonds. The molecule has 0 fully saturated rings. The van der Waals surface area contributed by atoms with Gasteiger partial charge in [-0.15, -0.1) is 0 Å². The van der Waals surface area contributed by atoms with Crippen molar-refractivity contribution in [2.24, 2.45) is 5.73 Å². The molecule has 0 aliphatic carbocycles. The standard InChI is InChI=1S/C12H15N3O/c1-8-2-3-11-10(6-8)9(7-15-11)4-5-14-12(13)16/h2-3,6-7,15H,4-5H2,1H3,(H3,13,14,16). The predicted octanol–water partition coefficient (Wildman–Crippen LogP) is 1.69. The van der Waals surface area contributed by atoms with Gasteiger partial charge in [0.05, 0.1) is 0 Å². The van der Waals surface area contributed by atoms with Gasteiger partial charge in [0.25, 0.3) is 0 Å². The quantitative estimate of drug-likeness (QED) is 0.719. The molecule has 0 atom stereocenters. The number of H-pyrrole nitrogens is 1. The number of aromatic nitrogens is 1. The topological polar surface area (TPSA) is 70.9 Å². The van der Waals surface area contributed by atoms with Gasteiger partial charge in [0.1, 0.15) is 0 Å². The first-order valence-electron chi connectivity index (χ1n) is 5.27. The number of urea groups is 1. The van der Waals surface area contributed by atoms with Crippen LogP contribution in [0.4, 0.5) is 4.79 Å². The van der Waals surface area contributed by atoms with Crippen LogP contribution in [0, 0.1) is 6.92 Å². The first kappa shape index (κ1) is 10.5. The van der Waals surface area contributed by atoms with Crippen molar-refractivity contribution in [1.29, 1.82) is 0 Å². The Kier molecular flexibility index (Phi) is 2.81. The number of rotatable bonds is 3. The van der Waals surface area contributed by atoms with Crippen LogP contribution in [0.1, 0.15) is 11.1 Å². The number of carbonyl (C=O) groups excluding carboxylic acids is 1. The lowest BCUT2D eigenvalue weighted by molar-refractivity contribution is 0.249. The molecule has 4 heteroatoms. The van der Waals surface area contributed by atoms with Gasteiger partial charge in [-0.1, -0.05) is 11.6 Å². The van der Waals surface area contributed by atoms with Crippen molar-refractivity contribution in [2.45, 2.75) is 13.3 Å². The number of aryl methyl sites for hydroxylation is 1. The highest BCUT2D eigenvalue weighted by molar-refractivity contribution is 5.84. The first-order valence-corrected chi connectivity index (χ1v) is 5.27. The summed E-state index contributed by atoms with van der Waals surface area (Å²) in [5.41, 5.74) is 8.57. The summed E-state index contributed by atoms with van der Waals surface area (Å²) >= 11 is 0. The van der Waals surface area contributed by atoms with Crippen LogP contribution in [0.5, 0.6) is 0 Å². The van der Waals surface area contributed by atoms with Crippen LogP contribution in [-0.4, -0.2) is 17.6 Å². The second-order valence-electron chi connectivity index (χ2n) is 3.90. The highest BCUT2D eigenvalue weighted by atomic mass is 16.2. The monoisotopic (exact) mass is 217 g/mol. The van der Waals surface area contributed by atoms with Crippen LogP contribution in [0.3, 0.4) is 0 Å². The van der Waals surface area contributed by atoms with Gasteiger partial charge in [-0.2, -0.15) is 0 Å². The maximum Gasteiger partial charge on any atom is 0.312 e. The lowest BCUT2D eigenvalue weighted by Crippen LogP contribution is -2.30. The summed E-state index contributed by atoms with van der Waals surface area (Å²) in [6.07, 6.45) is 2.76. The summed E-state index contributed by atoms with van der Waals surface area (Å²) in [4.78, 5) is 13.8. The molecule has 84 valence electrons. The van der Waals surface area contributed by atoms with Crippen LogP contribution in [0.15, 0.2) is 24.4 Å². The zero-order valence-electron chi connectivity index (χ0n) is 9.21. The average Bonchev–Trinajstić information content (AvgIpc) is 2.60. The fourth-order valence-electron chi connectivity index (χ4n) is 1.82. The zero-order valence-corrected chi connectivity index (χ0v) is 9.21. The van der Waals surface area contributed by atoms with E-state index in [1.165, 1.54) is 16.5 Å². The first-order chi connectivity index (χ1) is 7.66. The molecule has 0 radical (unpaired) electrons.